The van der Waals surface area contributed by atoms with E-state index in [2.05, 4.69) is 58.5 Å². The van der Waals surface area contributed by atoms with Crippen LogP contribution < -0.4 is 25.3 Å². The van der Waals surface area contributed by atoms with Crippen molar-refractivity contribution < 1.29 is 23.4 Å². The van der Waals surface area contributed by atoms with Crippen molar-refractivity contribution in [2.45, 2.75) is 90.1 Å². The maximum atomic E-state index is 14.2. The molecule has 2 aliphatic rings. The second-order valence-electron chi connectivity index (χ2n) is 14.9. The molecule has 6 rings (SSSR count). The molecule has 290 valence electrons. The standard InChI is InChI=1S/C44H51ClFN5O4/c1-30-34(8-6-11-39(30)53-21-7-18-51-19-15-44(2,46)16-20-51)35-9-5-10-37-36(35)13-14-40(37)55-42-24-41(54-29-32-22-31(25-47)26-50-27-32)33(23-38(42)45)28-49-17-4-3-12-43(48)52/h5-6,8-11,22-24,26-27,40,49H,3-4,7,12-21,28-29H2,1-2H3,(H2,48,52)/t40-/m0/s1. The average Bonchev–Trinajstić information content (AvgIpc) is 3.59. The maximum Gasteiger partial charge on any atom is 0.217 e. The molecule has 3 aromatic carbocycles. The van der Waals surface area contributed by atoms with Crippen LogP contribution in [0.15, 0.2) is 67.0 Å². The first kappa shape index (κ1) is 40.0. The fourth-order valence-electron chi connectivity index (χ4n) is 7.42. The van der Waals surface area contributed by atoms with Crippen LogP contribution >= 0.6 is 11.6 Å². The van der Waals surface area contributed by atoms with Crippen LogP contribution in [0.2, 0.25) is 5.02 Å². The number of ether oxygens (including phenoxy) is 3. The number of alkyl halides is 1. The van der Waals surface area contributed by atoms with Crippen LogP contribution in [0.5, 0.6) is 17.2 Å². The van der Waals surface area contributed by atoms with E-state index in [1.807, 2.05) is 18.2 Å². The van der Waals surface area contributed by atoms with Gasteiger partial charge in [-0.05, 0) is 111 Å². The number of carbonyl (C=O) groups excluding carboxylic acids is 1. The highest BCUT2D eigenvalue weighted by Gasteiger charge is 2.30. The third-order valence-electron chi connectivity index (χ3n) is 10.6. The molecule has 1 aliphatic heterocycles. The molecular formula is C44H51ClFN5O4. The van der Waals surface area contributed by atoms with Gasteiger partial charge in [0.05, 0.1) is 17.2 Å². The third-order valence-corrected chi connectivity index (χ3v) is 10.9. The number of nitrogens with one attached hydrogen (secondary N) is 1. The van der Waals surface area contributed by atoms with E-state index in [4.69, 9.17) is 31.5 Å². The number of amides is 1. The number of primary amides is 1. The zero-order valence-corrected chi connectivity index (χ0v) is 32.6. The Morgan fingerprint density at radius 2 is 1.85 bits per heavy atom. The summed E-state index contributed by atoms with van der Waals surface area (Å²) in [5.74, 6) is 1.73. The van der Waals surface area contributed by atoms with Crippen molar-refractivity contribution in [2.24, 2.45) is 5.73 Å². The first-order valence-corrected chi connectivity index (χ1v) is 19.7. The van der Waals surface area contributed by atoms with Crippen molar-refractivity contribution >= 4 is 17.5 Å². The summed E-state index contributed by atoms with van der Waals surface area (Å²) in [6.45, 7) is 8.36. The Balaban J connectivity index is 1.14. The third kappa shape index (κ3) is 10.8. The number of benzene rings is 3. The number of aromatic nitrogens is 1. The van der Waals surface area contributed by atoms with Gasteiger partial charge in [-0.2, -0.15) is 5.26 Å². The fraction of sp³-hybridized carbons (Fsp3) is 0.432. The Morgan fingerprint density at radius 1 is 1.05 bits per heavy atom. The van der Waals surface area contributed by atoms with Gasteiger partial charge in [0, 0.05) is 62.2 Å². The summed E-state index contributed by atoms with van der Waals surface area (Å²) in [5.41, 5.74) is 12.2. The first-order chi connectivity index (χ1) is 26.6. The zero-order valence-electron chi connectivity index (χ0n) is 31.8. The molecule has 11 heteroatoms. The molecule has 1 saturated heterocycles. The van der Waals surface area contributed by atoms with Crippen LogP contribution in [-0.2, 0) is 24.4 Å². The van der Waals surface area contributed by atoms with E-state index in [0.717, 1.165) is 78.9 Å². The Labute approximate surface area is 328 Å². The molecule has 1 aromatic heterocycles. The first-order valence-electron chi connectivity index (χ1n) is 19.3. The Morgan fingerprint density at radius 3 is 2.65 bits per heavy atom. The molecule has 9 nitrogen and oxygen atoms in total. The summed E-state index contributed by atoms with van der Waals surface area (Å²) >= 11 is 6.90. The van der Waals surface area contributed by atoms with Crippen LogP contribution in [0, 0.1) is 18.3 Å². The van der Waals surface area contributed by atoms with Gasteiger partial charge in [-0.1, -0.05) is 41.9 Å². The lowest BCUT2D eigenvalue weighted by Gasteiger charge is -2.34. The molecule has 1 fully saturated rings. The van der Waals surface area contributed by atoms with E-state index in [1.165, 1.54) is 17.3 Å². The highest BCUT2D eigenvalue weighted by atomic mass is 35.5. The maximum absolute atomic E-state index is 14.2. The number of unbranched alkanes of at least 4 members (excludes halogenated alkanes) is 1. The van der Waals surface area contributed by atoms with Gasteiger partial charge in [-0.15, -0.1) is 0 Å². The van der Waals surface area contributed by atoms with Crippen molar-refractivity contribution in [1.82, 2.24) is 15.2 Å². The van der Waals surface area contributed by atoms with Crippen LogP contribution in [-0.4, -0.2) is 54.2 Å². The van der Waals surface area contributed by atoms with E-state index in [0.29, 0.717) is 67.5 Å². The highest BCUT2D eigenvalue weighted by molar-refractivity contribution is 6.32. The summed E-state index contributed by atoms with van der Waals surface area (Å²) in [5, 5.41) is 13.2. The predicted molar refractivity (Wildman–Crippen MR) is 213 cm³/mol. The summed E-state index contributed by atoms with van der Waals surface area (Å²) in [6.07, 6.45) is 8.62. The average molecular weight is 768 g/mol. The molecule has 2 heterocycles. The molecule has 0 radical (unpaired) electrons. The number of halogens is 2. The van der Waals surface area contributed by atoms with Crippen molar-refractivity contribution in [3.63, 3.8) is 0 Å². The Kier molecular flexibility index (Phi) is 13.6. The minimum absolute atomic E-state index is 0.198. The number of carbonyl (C=O) groups is 1. The van der Waals surface area contributed by atoms with Crippen LogP contribution in [0.1, 0.15) is 91.4 Å². The number of nitrogens with zero attached hydrogens (tertiary/aromatic N) is 3. The molecular weight excluding hydrogens is 717 g/mol. The molecule has 0 unspecified atom stereocenters. The predicted octanol–water partition coefficient (Wildman–Crippen LogP) is 8.57. The van der Waals surface area contributed by atoms with Crippen molar-refractivity contribution in [2.75, 3.05) is 32.8 Å². The second-order valence-corrected chi connectivity index (χ2v) is 15.3. The molecule has 1 aliphatic carbocycles. The Hall–Kier alpha value is -4.69. The monoisotopic (exact) mass is 767 g/mol. The van der Waals surface area contributed by atoms with E-state index in [-0.39, 0.29) is 18.6 Å². The van der Waals surface area contributed by atoms with Crippen molar-refractivity contribution in [3.05, 3.63) is 105 Å². The van der Waals surface area contributed by atoms with E-state index in [1.54, 1.807) is 19.2 Å². The highest BCUT2D eigenvalue weighted by Crippen LogP contribution is 2.44. The van der Waals surface area contributed by atoms with E-state index in [9.17, 15) is 14.4 Å². The number of fused-ring (bicyclic) bond motifs is 1. The van der Waals surface area contributed by atoms with Crippen molar-refractivity contribution in [1.29, 1.82) is 5.26 Å². The number of hydrogen-bond acceptors (Lipinski definition) is 8. The summed E-state index contributed by atoms with van der Waals surface area (Å²) in [4.78, 5) is 17.6. The number of hydrogen-bond donors (Lipinski definition) is 2. The fourth-order valence-corrected chi connectivity index (χ4v) is 7.65. The summed E-state index contributed by atoms with van der Waals surface area (Å²) < 4.78 is 33.5. The van der Waals surface area contributed by atoms with Gasteiger partial charge in [-0.3, -0.25) is 9.78 Å². The minimum atomic E-state index is -1.04. The topological polar surface area (TPSA) is 123 Å². The van der Waals surface area contributed by atoms with Gasteiger partial charge in [0.2, 0.25) is 5.91 Å². The van der Waals surface area contributed by atoms with E-state index < -0.39 is 5.67 Å². The molecule has 0 saturated carbocycles. The van der Waals surface area contributed by atoms with Gasteiger partial charge >= 0.3 is 0 Å². The van der Waals surface area contributed by atoms with Gasteiger partial charge in [0.1, 0.15) is 41.7 Å². The van der Waals surface area contributed by atoms with Gasteiger partial charge in [0.25, 0.3) is 0 Å². The SMILES string of the molecule is Cc1c(OCCCN2CCC(C)(F)CC2)cccc1-c1cccc2c1CC[C@@H]2Oc1cc(OCc2cncc(C#N)c2)c(CNCCCCC(N)=O)cc1Cl. The van der Waals surface area contributed by atoms with Crippen molar-refractivity contribution in [3.8, 4) is 34.4 Å². The molecule has 0 bridgehead atoms. The molecule has 3 N–H and O–H groups in total. The second kappa shape index (κ2) is 18.8. The largest absolute Gasteiger partial charge is 0.493 e. The lowest BCUT2D eigenvalue weighted by Crippen LogP contribution is -2.40. The van der Waals surface area contributed by atoms with Gasteiger partial charge in [0.15, 0.2) is 0 Å². The quantitative estimate of drug-likeness (QED) is 0.0967. The molecule has 4 aromatic rings. The number of piperidine rings is 1. The lowest BCUT2D eigenvalue weighted by atomic mass is 9.93. The molecule has 0 spiro atoms. The van der Waals surface area contributed by atoms with E-state index >= 15 is 0 Å². The smallest absolute Gasteiger partial charge is 0.217 e. The van der Waals surface area contributed by atoms with Crippen LogP contribution in [0.3, 0.4) is 0 Å². The summed E-state index contributed by atoms with van der Waals surface area (Å²) in [7, 11) is 0. The summed E-state index contributed by atoms with van der Waals surface area (Å²) in [6, 6.07) is 20.2. The van der Waals surface area contributed by atoms with Gasteiger partial charge in [-0.25, -0.2) is 4.39 Å². The van der Waals surface area contributed by atoms with Crippen LogP contribution in [0.4, 0.5) is 4.39 Å². The number of nitriles is 1. The van der Waals surface area contributed by atoms with Crippen LogP contribution in [0.25, 0.3) is 11.1 Å². The molecule has 55 heavy (non-hydrogen) atoms. The minimum Gasteiger partial charge on any atom is -0.493 e. The number of rotatable bonds is 18. The number of pyridine rings is 1. The lowest BCUT2D eigenvalue weighted by molar-refractivity contribution is -0.118. The normalized spacial score (nSPS) is 16.3. The molecule has 1 atom stereocenters. The number of likely N-dealkylation sites (tertiary alicyclic amines) is 1. The number of nitrogens with two attached hydrogens (primary N) is 1. The van der Waals surface area contributed by atoms with Gasteiger partial charge < -0.3 is 30.2 Å². The molecule has 1 amide bonds. The Bertz CT molecular complexity index is 1990. The zero-order chi connectivity index (χ0) is 38.8.